The van der Waals surface area contributed by atoms with Crippen LogP contribution >= 0.6 is 0 Å². The number of nitrogens with zero attached hydrogens (tertiary/aromatic N) is 3. The lowest BCUT2D eigenvalue weighted by atomic mass is 10.4. The first-order valence-corrected chi connectivity index (χ1v) is 6.00. The van der Waals surface area contributed by atoms with Crippen molar-refractivity contribution in [3.05, 3.63) is 36.0 Å². The predicted octanol–water partition coefficient (Wildman–Crippen LogP) is 1.10. The zero-order valence-electron chi connectivity index (χ0n) is 10.5. The Bertz CT molecular complexity index is 439. The lowest BCUT2D eigenvalue weighted by Gasteiger charge is -2.05. The van der Waals surface area contributed by atoms with Crippen LogP contribution in [-0.2, 0) is 24.9 Å². The highest BCUT2D eigenvalue weighted by Crippen LogP contribution is 2.01. The molecule has 0 aliphatic heterocycles. The fraction of sp³-hybridized carbons (Fsp3) is 0.500. The summed E-state index contributed by atoms with van der Waals surface area (Å²) < 4.78 is 12.4. The molecule has 98 valence electrons. The molecule has 0 aromatic carbocycles. The van der Waals surface area contributed by atoms with Crippen LogP contribution in [-0.4, -0.2) is 28.1 Å². The van der Waals surface area contributed by atoms with E-state index in [1.807, 2.05) is 19.2 Å². The van der Waals surface area contributed by atoms with Crippen molar-refractivity contribution in [1.29, 1.82) is 0 Å². The van der Waals surface area contributed by atoms with Gasteiger partial charge in [0.2, 0.25) is 0 Å². The molecular formula is C12H18N4O2. The van der Waals surface area contributed by atoms with E-state index in [9.17, 15) is 0 Å². The van der Waals surface area contributed by atoms with Crippen molar-refractivity contribution >= 4 is 0 Å². The van der Waals surface area contributed by atoms with Crippen LogP contribution in [0.3, 0.4) is 0 Å². The Balaban J connectivity index is 1.48. The molecule has 1 N–H and O–H groups in total. The van der Waals surface area contributed by atoms with E-state index in [2.05, 4.69) is 15.6 Å². The van der Waals surface area contributed by atoms with Crippen LogP contribution in [0.25, 0.3) is 0 Å². The van der Waals surface area contributed by atoms with Crippen molar-refractivity contribution in [3.63, 3.8) is 0 Å². The first kappa shape index (κ1) is 12.8. The molecule has 0 aliphatic rings. The number of hydrogen-bond acceptors (Lipinski definition) is 5. The van der Waals surface area contributed by atoms with Gasteiger partial charge in [0.1, 0.15) is 12.4 Å². The maximum absolute atomic E-state index is 5.48. The van der Waals surface area contributed by atoms with Crippen LogP contribution in [0.5, 0.6) is 0 Å². The molecule has 2 rings (SSSR count). The number of aryl methyl sites for hydroxylation is 1. The molecule has 0 amide bonds. The van der Waals surface area contributed by atoms with Gasteiger partial charge < -0.3 is 14.5 Å². The third-order valence-corrected chi connectivity index (χ3v) is 2.58. The monoisotopic (exact) mass is 250 g/mol. The van der Waals surface area contributed by atoms with Crippen molar-refractivity contribution in [2.45, 2.75) is 19.6 Å². The van der Waals surface area contributed by atoms with E-state index < -0.39 is 0 Å². The largest absolute Gasteiger partial charge is 0.467 e. The number of nitrogens with one attached hydrogen (secondary N) is 1. The third-order valence-electron chi connectivity index (χ3n) is 2.58. The molecule has 0 aliphatic carbocycles. The quantitative estimate of drug-likeness (QED) is 0.711. The van der Waals surface area contributed by atoms with E-state index in [0.717, 1.165) is 37.6 Å². The minimum Gasteiger partial charge on any atom is -0.467 e. The van der Waals surface area contributed by atoms with E-state index >= 15 is 0 Å². The summed E-state index contributed by atoms with van der Waals surface area (Å²) in [6, 6.07) is 3.77. The van der Waals surface area contributed by atoms with Gasteiger partial charge in [0.15, 0.2) is 0 Å². The maximum atomic E-state index is 5.48. The smallest absolute Gasteiger partial charge is 0.129 e. The molecule has 2 aromatic heterocycles. The molecule has 0 bridgehead atoms. The Morgan fingerprint density at radius 2 is 2.44 bits per heavy atom. The summed E-state index contributed by atoms with van der Waals surface area (Å²) >= 11 is 0. The van der Waals surface area contributed by atoms with Gasteiger partial charge in [0, 0.05) is 20.2 Å². The van der Waals surface area contributed by atoms with Gasteiger partial charge >= 0.3 is 0 Å². The molecule has 0 atom stereocenters. The molecule has 2 heterocycles. The molecule has 6 nitrogen and oxygen atoms in total. The summed E-state index contributed by atoms with van der Waals surface area (Å²) in [7, 11) is 1.89. The Labute approximate surface area is 106 Å². The first-order valence-electron chi connectivity index (χ1n) is 6.00. The summed E-state index contributed by atoms with van der Waals surface area (Å²) in [4.78, 5) is 0. The van der Waals surface area contributed by atoms with Gasteiger partial charge in [-0.2, -0.15) is 0 Å². The molecule has 2 aromatic rings. The second-order valence-corrected chi connectivity index (χ2v) is 4.01. The van der Waals surface area contributed by atoms with Gasteiger partial charge in [-0.05, 0) is 25.1 Å². The Morgan fingerprint density at radius 3 is 3.17 bits per heavy atom. The van der Waals surface area contributed by atoms with E-state index in [4.69, 9.17) is 9.15 Å². The SMILES string of the molecule is Cn1nncc1CNCCCOCc1ccco1. The Hall–Kier alpha value is -1.66. The zero-order valence-corrected chi connectivity index (χ0v) is 10.5. The molecule has 6 heteroatoms. The van der Waals surface area contributed by atoms with E-state index in [1.165, 1.54) is 0 Å². The molecule has 0 spiro atoms. The number of hydrogen-bond donors (Lipinski definition) is 1. The normalized spacial score (nSPS) is 10.9. The van der Waals surface area contributed by atoms with Crippen LogP contribution in [0.1, 0.15) is 17.9 Å². The molecular weight excluding hydrogens is 232 g/mol. The number of furan rings is 1. The summed E-state index contributed by atoms with van der Waals surface area (Å²) in [6.07, 6.45) is 4.38. The van der Waals surface area contributed by atoms with Gasteiger partial charge in [-0.3, -0.25) is 4.68 Å². The van der Waals surface area contributed by atoms with Gasteiger partial charge in [0.05, 0.1) is 18.2 Å². The standard InChI is InChI=1S/C12H18N4O2/c1-16-11(9-14-15-16)8-13-5-3-6-17-10-12-4-2-7-18-12/h2,4,7,9,13H,3,5-6,8,10H2,1H3. The maximum Gasteiger partial charge on any atom is 0.129 e. The summed E-state index contributed by atoms with van der Waals surface area (Å²) in [5.74, 6) is 0.865. The van der Waals surface area contributed by atoms with Crippen molar-refractivity contribution < 1.29 is 9.15 Å². The number of ether oxygens (including phenoxy) is 1. The molecule has 0 fully saturated rings. The van der Waals surface area contributed by atoms with Crippen LogP contribution in [0.15, 0.2) is 29.0 Å². The number of rotatable bonds is 8. The average molecular weight is 250 g/mol. The molecule has 18 heavy (non-hydrogen) atoms. The lowest BCUT2D eigenvalue weighted by Crippen LogP contribution is -2.18. The topological polar surface area (TPSA) is 65.1 Å². The van der Waals surface area contributed by atoms with Crippen molar-refractivity contribution in [3.8, 4) is 0 Å². The van der Waals surface area contributed by atoms with E-state index in [-0.39, 0.29) is 0 Å². The van der Waals surface area contributed by atoms with E-state index in [1.54, 1.807) is 17.1 Å². The summed E-state index contributed by atoms with van der Waals surface area (Å²) in [5.41, 5.74) is 1.08. The van der Waals surface area contributed by atoms with Gasteiger partial charge in [-0.15, -0.1) is 5.10 Å². The minimum absolute atomic E-state index is 0.540. The van der Waals surface area contributed by atoms with Gasteiger partial charge in [-0.1, -0.05) is 5.21 Å². The van der Waals surface area contributed by atoms with Crippen LogP contribution in [0, 0.1) is 0 Å². The van der Waals surface area contributed by atoms with Crippen molar-refractivity contribution in [2.75, 3.05) is 13.2 Å². The first-order chi connectivity index (χ1) is 8.86. The highest BCUT2D eigenvalue weighted by Gasteiger charge is 1.98. The fourth-order valence-corrected chi connectivity index (χ4v) is 1.55. The fourth-order valence-electron chi connectivity index (χ4n) is 1.55. The molecule has 0 saturated carbocycles. The van der Waals surface area contributed by atoms with Crippen LogP contribution < -0.4 is 5.32 Å². The summed E-state index contributed by atoms with van der Waals surface area (Å²) in [6.45, 7) is 2.95. The van der Waals surface area contributed by atoms with Crippen molar-refractivity contribution in [2.24, 2.45) is 7.05 Å². The third kappa shape index (κ3) is 3.97. The minimum atomic E-state index is 0.540. The predicted molar refractivity (Wildman–Crippen MR) is 65.7 cm³/mol. The van der Waals surface area contributed by atoms with Crippen LogP contribution in [0.2, 0.25) is 0 Å². The van der Waals surface area contributed by atoms with Crippen LogP contribution in [0.4, 0.5) is 0 Å². The number of aromatic nitrogens is 3. The van der Waals surface area contributed by atoms with E-state index in [0.29, 0.717) is 6.61 Å². The van der Waals surface area contributed by atoms with Crippen molar-refractivity contribution in [1.82, 2.24) is 20.3 Å². The van der Waals surface area contributed by atoms with Gasteiger partial charge in [0.25, 0.3) is 0 Å². The Kier molecular flexibility index (Phi) is 4.92. The average Bonchev–Trinajstić information content (AvgIpc) is 3.00. The highest BCUT2D eigenvalue weighted by atomic mass is 16.5. The molecule has 0 unspecified atom stereocenters. The molecule has 0 radical (unpaired) electrons. The second kappa shape index (κ2) is 6.93. The van der Waals surface area contributed by atoms with Gasteiger partial charge in [-0.25, -0.2) is 0 Å². The Morgan fingerprint density at radius 1 is 1.50 bits per heavy atom. The summed E-state index contributed by atoms with van der Waals surface area (Å²) in [5, 5.41) is 11.0. The zero-order chi connectivity index (χ0) is 12.6. The highest BCUT2D eigenvalue weighted by molar-refractivity contribution is 4.96. The lowest BCUT2D eigenvalue weighted by molar-refractivity contribution is 0.104. The second-order valence-electron chi connectivity index (χ2n) is 4.01. The molecule has 0 saturated heterocycles.